The van der Waals surface area contributed by atoms with Gasteiger partial charge in [-0.15, -0.1) is 11.3 Å². The molecule has 0 unspecified atom stereocenters. The summed E-state index contributed by atoms with van der Waals surface area (Å²) in [6, 6.07) is 18.2. The predicted octanol–water partition coefficient (Wildman–Crippen LogP) is 5.65. The molecule has 166 valence electrons. The van der Waals surface area contributed by atoms with Crippen LogP contribution in [-0.2, 0) is 16.0 Å². The van der Waals surface area contributed by atoms with Crippen molar-refractivity contribution >= 4 is 28.8 Å². The van der Waals surface area contributed by atoms with E-state index in [4.69, 9.17) is 0 Å². The van der Waals surface area contributed by atoms with Crippen LogP contribution >= 0.6 is 11.3 Å². The van der Waals surface area contributed by atoms with Gasteiger partial charge in [0.05, 0.1) is 6.42 Å². The highest BCUT2D eigenvalue weighted by Crippen LogP contribution is 2.30. The van der Waals surface area contributed by atoms with Gasteiger partial charge in [0, 0.05) is 16.6 Å². The highest BCUT2D eigenvalue weighted by molar-refractivity contribution is 7.10. The molecule has 1 fully saturated rings. The van der Waals surface area contributed by atoms with Crippen LogP contribution in [0.3, 0.4) is 0 Å². The van der Waals surface area contributed by atoms with Gasteiger partial charge >= 0.3 is 0 Å². The molecule has 0 aliphatic heterocycles. The summed E-state index contributed by atoms with van der Waals surface area (Å²) in [4.78, 5) is 29.5. The highest BCUT2D eigenvalue weighted by atomic mass is 32.1. The molecular formula is C26H27FN2O2S. The minimum absolute atomic E-state index is 0.101. The fraction of sp³-hybridized carbons (Fsp3) is 0.308. The van der Waals surface area contributed by atoms with Gasteiger partial charge in [0.1, 0.15) is 11.9 Å². The van der Waals surface area contributed by atoms with E-state index in [1.807, 2.05) is 47.8 Å². The second-order valence-electron chi connectivity index (χ2n) is 8.16. The van der Waals surface area contributed by atoms with Gasteiger partial charge in [0.15, 0.2) is 0 Å². The monoisotopic (exact) mass is 450 g/mol. The van der Waals surface area contributed by atoms with E-state index in [9.17, 15) is 14.0 Å². The van der Waals surface area contributed by atoms with Crippen LogP contribution in [0.1, 0.15) is 48.6 Å². The van der Waals surface area contributed by atoms with Crippen LogP contribution in [0.5, 0.6) is 0 Å². The number of carbonyl (C=O) groups excluding carboxylic acids is 2. The van der Waals surface area contributed by atoms with Crippen molar-refractivity contribution in [3.8, 4) is 0 Å². The molecule has 1 heterocycles. The predicted molar refractivity (Wildman–Crippen MR) is 126 cm³/mol. The largest absolute Gasteiger partial charge is 0.351 e. The number of nitrogens with one attached hydrogen (secondary N) is 1. The first-order valence-corrected chi connectivity index (χ1v) is 11.9. The van der Waals surface area contributed by atoms with Crippen molar-refractivity contribution in [3.63, 3.8) is 0 Å². The number of halogens is 1. The lowest BCUT2D eigenvalue weighted by molar-refractivity contribution is -0.127. The van der Waals surface area contributed by atoms with Crippen molar-refractivity contribution in [2.45, 2.75) is 50.6 Å². The first kappa shape index (κ1) is 22.2. The maximum Gasteiger partial charge on any atom is 0.248 e. The number of anilines is 1. The number of rotatable bonds is 7. The molecule has 1 saturated carbocycles. The molecule has 1 aliphatic rings. The summed E-state index contributed by atoms with van der Waals surface area (Å²) in [7, 11) is 0. The molecule has 1 aromatic heterocycles. The van der Waals surface area contributed by atoms with Crippen LogP contribution in [0.2, 0.25) is 0 Å². The Kier molecular flexibility index (Phi) is 7.32. The van der Waals surface area contributed by atoms with Gasteiger partial charge in [0.25, 0.3) is 0 Å². The van der Waals surface area contributed by atoms with Crippen molar-refractivity contribution in [1.82, 2.24) is 5.32 Å². The van der Waals surface area contributed by atoms with Gasteiger partial charge in [-0.05, 0) is 48.1 Å². The van der Waals surface area contributed by atoms with Gasteiger partial charge in [-0.3, -0.25) is 14.5 Å². The molecule has 4 nitrogen and oxygen atoms in total. The van der Waals surface area contributed by atoms with Crippen LogP contribution < -0.4 is 10.2 Å². The standard InChI is InChI=1S/C26H27FN2O2S/c27-20-11-7-14-22(17-20)29(24(30)18-23-15-8-16-32-23)25(19-9-3-1-4-10-19)26(31)28-21-12-5-2-6-13-21/h1,3-4,7-11,14-17,21,25H,2,5-6,12-13,18H2,(H,28,31)/t25-/m1/s1. The molecule has 0 bridgehead atoms. The molecule has 2 amide bonds. The third-order valence-corrected chi connectivity index (χ3v) is 6.71. The molecule has 0 spiro atoms. The summed E-state index contributed by atoms with van der Waals surface area (Å²) in [5.74, 6) is -0.923. The van der Waals surface area contributed by atoms with Gasteiger partial charge in [-0.1, -0.05) is 61.7 Å². The maximum atomic E-state index is 14.2. The second-order valence-corrected chi connectivity index (χ2v) is 9.19. The quantitative estimate of drug-likeness (QED) is 0.505. The number of thiophene rings is 1. The van der Waals surface area contributed by atoms with E-state index in [2.05, 4.69) is 5.32 Å². The van der Waals surface area contributed by atoms with Crippen LogP contribution in [0.15, 0.2) is 72.1 Å². The minimum Gasteiger partial charge on any atom is -0.351 e. The Bertz CT molecular complexity index is 1030. The SMILES string of the molecule is O=C(NC1CCCCC1)[C@@H](c1ccccc1)N(C(=O)Cc1cccs1)c1cccc(F)c1. The molecule has 1 N–H and O–H groups in total. The van der Waals surface area contributed by atoms with Crippen molar-refractivity contribution in [2.24, 2.45) is 0 Å². The fourth-order valence-electron chi connectivity index (χ4n) is 4.29. The smallest absolute Gasteiger partial charge is 0.248 e. The van der Waals surface area contributed by atoms with Gasteiger partial charge in [-0.2, -0.15) is 0 Å². The van der Waals surface area contributed by atoms with Gasteiger partial charge < -0.3 is 5.32 Å². The van der Waals surface area contributed by atoms with Crippen molar-refractivity contribution < 1.29 is 14.0 Å². The van der Waals surface area contributed by atoms with E-state index in [1.165, 1.54) is 34.8 Å². The lowest BCUT2D eigenvalue weighted by Crippen LogP contribution is -2.47. The Morgan fingerprint density at radius 1 is 1.00 bits per heavy atom. The first-order valence-electron chi connectivity index (χ1n) is 11.1. The van der Waals surface area contributed by atoms with E-state index in [0.717, 1.165) is 30.6 Å². The number of hydrogen-bond acceptors (Lipinski definition) is 3. The van der Waals surface area contributed by atoms with Crippen LogP contribution in [0, 0.1) is 5.82 Å². The number of carbonyl (C=O) groups is 2. The number of amides is 2. The molecule has 3 aromatic rings. The summed E-state index contributed by atoms with van der Waals surface area (Å²) in [6.45, 7) is 0. The fourth-order valence-corrected chi connectivity index (χ4v) is 4.99. The van der Waals surface area contributed by atoms with Crippen LogP contribution in [-0.4, -0.2) is 17.9 Å². The van der Waals surface area contributed by atoms with E-state index in [0.29, 0.717) is 11.3 Å². The molecule has 0 radical (unpaired) electrons. The highest BCUT2D eigenvalue weighted by Gasteiger charge is 2.34. The minimum atomic E-state index is -0.882. The van der Waals surface area contributed by atoms with Crippen LogP contribution in [0.4, 0.5) is 10.1 Å². The molecule has 6 heteroatoms. The van der Waals surface area contributed by atoms with Crippen molar-refractivity contribution in [1.29, 1.82) is 0 Å². The molecule has 4 rings (SSSR count). The zero-order chi connectivity index (χ0) is 22.3. The summed E-state index contributed by atoms with van der Waals surface area (Å²) in [5, 5.41) is 5.09. The Morgan fingerprint density at radius 3 is 2.47 bits per heavy atom. The number of benzene rings is 2. The lowest BCUT2D eigenvalue weighted by Gasteiger charge is -2.33. The molecule has 0 saturated heterocycles. The Morgan fingerprint density at radius 2 is 1.78 bits per heavy atom. The summed E-state index contributed by atoms with van der Waals surface area (Å²) < 4.78 is 14.2. The molecular weight excluding hydrogens is 423 g/mol. The van der Waals surface area contributed by atoms with Gasteiger partial charge in [0.2, 0.25) is 11.8 Å². The van der Waals surface area contributed by atoms with E-state index in [-0.39, 0.29) is 24.3 Å². The third-order valence-electron chi connectivity index (χ3n) is 5.83. The Balaban J connectivity index is 1.72. The first-order chi connectivity index (χ1) is 15.6. The summed E-state index contributed by atoms with van der Waals surface area (Å²) in [6.07, 6.45) is 5.39. The zero-order valence-corrected chi connectivity index (χ0v) is 18.7. The van der Waals surface area contributed by atoms with Crippen molar-refractivity contribution in [3.05, 3.63) is 88.4 Å². The summed E-state index contributed by atoms with van der Waals surface area (Å²) in [5.41, 5.74) is 1.07. The number of hydrogen-bond donors (Lipinski definition) is 1. The number of nitrogens with zero attached hydrogens (tertiary/aromatic N) is 1. The summed E-state index contributed by atoms with van der Waals surface area (Å²) >= 11 is 1.49. The normalized spacial score (nSPS) is 15.2. The Hall–Kier alpha value is -2.99. The second kappa shape index (κ2) is 10.6. The maximum absolute atomic E-state index is 14.2. The molecule has 32 heavy (non-hydrogen) atoms. The van der Waals surface area contributed by atoms with Crippen molar-refractivity contribution in [2.75, 3.05) is 4.90 Å². The third kappa shape index (κ3) is 5.43. The molecule has 1 aliphatic carbocycles. The molecule has 2 aromatic carbocycles. The Labute approximate surface area is 192 Å². The zero-order valence-electron chi connectivity index (χ0n) is 17.9. The molecule has 1 atom stereocenters. The average Bonchev–Trinajstić information content (AvgIpc) is 3.31. The topological polar surface area (TPSA) is 49.4 Å². The van der Waals surface area contributed by atoms with Crippen LogP contribution in [0.25, 0.3) is 0 Å². The lowest BCUT2D eigenvalue weighted by atomic mass is 9.94. The van der Waals surface area contributed by atoms with E-state index < -0.39 is 11.9 Å². The van der Waals surface area contributed by atoms with E-state index >= 15 is 0 Å². The average molecular weight is 451 g/mol. The van der Waals surface area contributed by atoms with Gasteiger partial charge in [-0.25, -0.2) is 4.39 Å². The van der Waals surface area contributed by atoms with E-state index in [1.54, 1.807) is 12.1 Å².